The molecule has 2 atom stereocenters. The van der Waals surface area contributed by atoms with E-state index in [1.807, 2.05) is 45.2 Å². The van der Waals surface area contributed by atoms with Crippen molar-refractivity contribution >= 4 is 5.91 Å². The summed E-state index contributed by atoms with van der Waals surface area (Å²) in [5.74, 6) is 0.636. The first kappa shape index (κ1) is 23.5. The SMILES string of the molecule is CC(C)c1ccc(CN2CCCC[C@@H]2C[C@H](NC(=O)C(C)(C)C)c2ccccn2)cc1. The summed E-state index contributed by atoms with van der Waals surface area (Å²) >= 11 is 0. The van der Waals surface area contributed by atoms with Gasteiger partial charge in [0.15, 0.2) is 0 Å². The first-order valence-electron chi connectivity index (χ1n) is 11.8. The lowest BCUT2D eigenvalue weighted by Crippen LogP contribution is -2.44. The van der Waals surface area contributed by atoms with Crippen LogP contribution in [0.3, 0.4) is 0 Å². The van der Waals surface area contributed by atoms with E-state index in [0.29, 0.717) is 12.0 Å². The molecule has 0 spiro atoms. The van der Waals surface area contributed by atoms with Gasteiger partial charge in [0.1, 0.15) is 0 Å². The third kappa shape index (κ3) is 6.64. The monoisotopic (exact) mass is 421 g/mol. The molecular formula is C27H39N3O. The summed E-state index contributed by atoms with van der Waals surface area (Å²) in [6.07, 6.45) is 6.36. The van der Waals surface area contributed by atoms with Crippen LogP contribution in [0.2, 0.25) is 0 Å². The van der Waals surface area contributed by atoms with Crippen molar-refractivity contribution in [3.63, 3.8) is 0 Å². The molecule has 31 heavy (non-hydrogen) atoms. The van der Waals surface area contributed by atoms with Crippen molar-refractivity contribution < 1.29 is 4.79 Å². The van der Waals surface area contributed by atoms with E-state index in [0.717, 1.165) is 25.2 Å². The van der Waals surface area contributed by atoms with Crippen LogP contribution in [0.5, 0.6) is 0 Å². The van der Waals surface area contributed by atoms with Crippen LogP contribution in [-0.2, 0) is 11.3 Å². The van der Waals surface area contributed by atoms with Crippen LogP contribution in [0.1, 0.15) is 89.1 Å². The van der Waals surface area contributed by atoms with Gasteiger partial charge in [-0.05, 0) is 55.0 Å². The van der Waals surface area contributed by atoms with Crippen LogP contribution in [0.25, 0.3) is 0 Å². The van der Waals surface area contributed by atoms with E-state index in [2.05, 4.69) is 53.3 Å². The number of amides is 1. The molecule has 168 valence electrons. The maximum atomic E-state index is 12.8. The number of likely N-dealkylation sites (tertiary alicyclic amines) is 1. The fourth-order valence-corrected chi connectivity index (χ4v) is 4.26. The van der Waals surface area contributed by atoms with Crippen LogP contribution < -0.4 is 5.32 Å². The fraction of sp³-hybridized carbons (Fsp3) is 0.556. The number of piperidine rings is 1. The molecule has 0 aliphatic carbocycles. The maximum absolute atomic E-state index is 12.8. The van der Waals surface area contributed by atoms with Gasteiger partial charge in [-0.3, -0.25) is 14.7 Å². The van der Waals surface area contributed by atoms with Crippen LogP contribution in [0, 0.1) is 5.41 Å². The number of benzene rings is 1. The van der Waals surface area contributed by atoms with E-state index in [1.54, 1.807) is 0 Å². The number of nitrogens with one attached hydrogen (secondary N) is 1. The molecule has 0 bridgehead atoms. The summed E-state index contributed by atoms with van der Waals surface area (Å²) < 4.78 is 0. The van der Waals surface area contributed by atoms with E-state index in [1.165, 1.54) is 30.4 Å². The van der Waals surface area contributed by atoms with Gasteiger partial charge < -0.3 is 5.32 Å². The second-order valence-electron chi connectivity index (χ2n) is 10.3. The highest BCUT2D eigenvalue weighted by Crippen LogP contribution is 2.29. The zero-order chi connectivity index (χ0) is 22.4. The third-order valence-corrected chi connectivity index (χ3v) is 6.32. The van der Waals surface area contributed by atoms with Crippen molar-refractivity contribution in [1.29, 1.82) is 0 Å². The van der Waals surface area contributed by atoms with Gasteiger partial charge in [0.05, 0.1) is 11.7 Å². The zero-order valence-electron chi connectivity index (χ0n) is 19.9. The van der Waals surface area contributed by atoms with Crippen LogP contribution >= 0.6 is 0 Å². The number of aromatic nitrogens is 1. The molecule has 1 amide bonds. The Bertz CT molecular complexity index is 824. The summed E-state index contributed by atoms with van der Waals surface area (Å²) in [7, 11) is 0. The average molecular weight is 422 g/mol. The van der Waals surface area contributed by atoms with Gasteiger partial charge in [-0.15, -0.1) is 0 Å². The average Bonchev–Trinajstić information content (AvgIpc) is 2.75. The van der Waals surface area contributed by atoms with E-state index in [9.17, 15) is 4.79 Å². The van der Waals surface area contributed by atoms with Crippen molar-refractivity contribution in [2.45, 2.75) is 84.8 Å². The van der Waals surface area contributed by atoms with Gasteiger partial charge in [0, 0.05) is 24.2 Å². The standard InChI is InChI=1S/C27H39N3O/c1-20(2)22-14-12-21(13-15-22)19-30-17-9-7-10-23(30)18-25(24-11-6-8-16-28-24)29-26(31)27(3,4)5/h6,8,11-16,20,23,25H,7,9-10,17-19H2,1-5H3,(H,29,31)/t23-,25+/m1/s1. The second-order valence-corrected chi connectivity index (χ2v) is 10.3. The summed E-state index contributed by atoms with van der Waals surface area (Å²) in [6, 6.07) is 15.4. The van der Waals surface area contributed by atoms with Gasteiger partial charge in [-0.2, -0.15) is 0 Å². The lowest BCUT2D eigenvalue weighted by molar-refractivity contribution is -0.129. The van der Waals surface area contributed by atoms with E-state index < -0.39 is 5.41 Å². The first-order valence-corrected chi connectivity index (χ1v) is 11.8. The molecule has 1 aliphatic heterocycles. The van der Waals surface area contributed by atoms with Gasteiger partial charge in [0.2, 0.25) is 5.91 Å². The number of nitrogens with zero attached hydrogens (tertiary/aromatic N) is 2. The minimum atomic E-state index is -0.419. The molecule has 1 aliphatic rings. The Balaban J connectivity index is 1.75. The smallest absolute Gasteiger partial charge is 0.225 e. The Morgan fingerprint density at radius 2 is 1.87 bits per heavy atom. The van der Waals surface area contributed by atoms with Crippen molar-refractivity contribution in [2.24, 2.45) is 5.41 Å². The van der Waals surface area contributed by atoms with Gasteiger partial charge >= 0.3 is 0 Å². The summed E-state index contributed by atoms with van der Waals surface area (Å²) in [5, 5.41) is 3.30. The molecule has 4 nitrogen and oxygen atoms in total. The van der Waals surface area contributed by atoms with Crippen molar-refractivity contribution in [2.75, 3.05) is 6.54 Å². The first-order chi connectivity index (χ1) is 14.7. The van der Waals surface area contributed by atoms with Crippen LogP contribution in [0.4, 0.5) is 0 Å². The van der Waals surface area contributed by atoms with Crippen molar-refractivity contribution in [3.8, 4) is 0 Å². The normalized spacial score (nSPS) is 18.7. The summed E-state index contributed by atoms with van der Waals surface area (Å²) in [4.78, 5) is 20.0. The third-order valence-electron chi connectivity index (χ3n) is 6.32. The number of pyridine rings is 1. The molecule has 1 saturated heterocycles. The highest BCUT2D eigenvalue weighted by Gasteiger charge is 2.30. The number of hydrogen-bond donors (Lipinski definition) is 1. The van der Waals surface area contributed by atoms with E-state index >= 15 is 0 Å². The Morgan fingerprint density at radius 1 is 1.13 bits per heavy atom. The van der Waals surface area contributed by atoms with E-state index in [-0.39, 0.29) is 11.9 Å². The van der Waals surface area contributed by atoms with Crippen molar-refractivity contribution in [3.05, 3.63) is 65.5 Å². The maximum Gasteiger partial charge on any atom is 0.225 e. The lowest BCUT2D eigenvalue weighted by Gasteiger charge is -2.38. The zero-order valence-corrected chi connectivity index (χ0v) is 19.9. The highest BCUT2D eigenvalue weighted by atomic mass is 16.2. The molecule has 1 fully saturated rings. The predicted octanol–water partition coefficient (Wildman–Crippen LogP) is 5.85. The molecule has 1 N–H and O–H groups in total. The molecule has 2 heterocycles. The molecule has 4 heteroatoms. The van der Waals surface area contributed by atoms with Gasteiger partial charge in [-0.25, -0.2) is 0 Å². The van der Waals surface area contributed by atoms with Crippen molar-refractivity contribution in [1.82, 2.24) is 15.2 Å². The quantitative estimate of drug-likeness (QED) is 0.610. The molecule has 3 rings (SSSR count). The Hall–Kier alpha value is -2.20. The fourth-order valence-electron chi connectivity index (χ4n) is 4.26. The molecule has 1 aromatic carbocycles. The molecule has 0 saturated carbocycles. The topological polar surface area (TPSA) is 45.2 Å². The van der Waals surface area contributed by atoms with Gasteiger partial charge in [-0.1, -0.05) is 71.4 Å². The Labute approximate surface area is 188 Å². The molecule has 2 aromatic rings. The molecular weight excluding hydrogens is 382 g/mol. The minimum Gasteiger partial charge on any atom is -0.347 e. The summed E-state index contributed by atoms with van der Waals surface area (Å²) in [6.45, 7) is 12.4. The Morgan fingerprint density at radius 3 is 2.48 bits per heavy atom. The Kier molecular flexibility index (Phi) is 7.88. The molecule has 1 aromatic heterocycles. The lowest BCUT2D eigenvalue weighted by atomic mass is 9.91. The number of hydrogen-bond acceptors (Lipinski definition) is 3. The minimum absolute atomic E-state index is 0.0677. The number of rotatable bonds is 7. The molecule has 0 unspecified atom stereocenters. The predicted molar refractivity (Wildman–Crippen MR) is 128 cm³/mol. The number of carbonyl (C=O) groups excluding carboxylic acids is 1. The van der Waals surface area contributed by atoms with E-state index in [4.69, 9.17) is 0 Å². The highest BCUT2D eigenvalue weighted by molar-refractivity contribution is 5.81. The van der Waals surface area contributed by atoms with Gasteiger partial charge in [0.25, 0.3) is 0 Å². The number of carbonyl (C=O) groups is 1. The molecule has 0 radical (unpaired) electrons. The van der Waals surface area contributed by atoms with Crippen LogP contribution in [0.15, 0.2) is 48.7 Å². The summed E-state index contributed by atoms with van der Waals surface area (Å²) in [5.41, 5.74) is 3.28. The second kappa shape index (κ2) is 10.4. The van der Waals surface area contributed by atoms with Crippen LogP contribution in [-0.4, -0.2) is 28.4 Å². The largest absolute Gasteiger partial charge is 0.347 e.